The molecule has 1 aromatic rings. The molecule has 7 heteroatoms. The number of hydrogen-bond acceptors (Lipinski definition) is 5. The van der Waals surface area contributed by atoms with E-state index < -0.39 is 5.97 Å². The van der Waals surface area contributed by atoms with Gasteiger partial charge in [0.15, 0.2) is 0 Å². The third kappa shape index (κ3) is 4.54. The minimum atomic E-state index is -1.02. The lowest BCUT2D eigenvalue weighted by molar-refractivity contribution is -0.135. The van der Waals surface area contributed by atoms with Gasteiger partial charge in [-0.25, -0.2) is 0 Å². The minimum absolute atomic E-state index is 0.0994. The number of carbonyl (C=O) groups is 2. The first-order valence-corrected chi connectivity index (χ1v) is 5.48. The van der Waals surface area contributed by atoms with Crippen LogP contribution in [-0.4, -0.2) is 35.2 Å². The van der Waals surface area contributed by atoms with Crippen LogP contribution in [0.25, 0.3) is 0 Å². The molecule has 100 valence electrons. The van der Waals surface area contributed by atoms with Gasteiger partial charge in [0.2, 0.25) is 11.8 Å². The van der Waals surface area contributed by atoms with Crippen molar-refractivity contribution in [3.63, 3.8) is 0 Å². The summed E-state index contributed by atoms with van der Waals surface area (Å²) in [6.45, 7) is 5.57. The molecule has 1 amide bonds. The summed E-state index contributed by atoms with van der Waals surface area (Å²) in [7, 11) is 0. The number of anilines is 1. The number of carboxylic acids is 1. The van der Waals surface area contributed by atoms with Crippen molar-refractivity contribution < 1.29 is 19.2 Å². The van der Waals surface area contributed by atoms with Gasteiger partial charge in [-0.2, -0.15) is 0 Å². The van der Waals surface area contributed by atoms with E-state index in [0.29, 0.717) is 0 Å². The van der Waals surface area contributed by atoms with Crippen LogP contribution in [0, 0.1) is 0 Å². The zero-order valence-electron chi connectivity index (χ0n) is 10.6. The van der Waals surface area contributed by atoms with Gasteiger partial charge in [-0.1, -0.05) is 25.9 Å². The number of aromatic nitrogens is 1. The van der Waals surface area contributed by atoms with Gasteiger partial charge in [-0.15, -0.1) is 0 Å². The molecule has 1 heterocycles. The van der Waals surface area contributed by atoms with Gasteiger partial charge in [-0.05, 0) is 0 Å². The van der Waals surface area contributed by atoms with Crippen LogP contribution in [0.4, 0.5) is 5.88 Å². The third-order valence-corrected chi connectivity index (χ3v) is 2.10. The van der Waals surface area contributed by atoms with Crippen LogP contribution in [0.3, 0.4) is 0 Å². The van der Waals surface area contributed by atoms with Gasteiger partial charge in [0.25, 0.3) is 0 Å². The predicted molar refractivity (Wildman–Crippen MR) is 64.3 cm³/mol. The average Bonchev–Trinajstić information content (AvgIpc) is 2.64. The lowest BCUT2D eigenvalue weighted by Crippen LogP contribution is -2.31. The second-order valence-electron chi connectivity index (χ2n) is 4.87. The van der Waals surface area contributed by atoms with Crippen molar-refractivity contribution in [2.45, 2.75) is 26.2 Å². The molecule has 0 fully saturated rings. The van der Waals surface area contributed by atoms with Crippen LogP contribution < -0.4 is 10.6 Å². The number of carboxylic acid groups (broad SMARTS) is 1. The summed E-state index contributed by atoms with van der Waals surface area (Å²) in [4.78, 5) is 21.6. The molecule has 3 N–H and O–H groups in total. The summed E-state index contributed by atoms with van der Waals surface area (Å²) in [5.41, 5.74) is 0.574. The number of carbonyl (C=O) groups excluding carboxylic acids is 1. The van der Waals surface area contributed by atoms with Crippen molar-refractivity contribution in [3.8, 4) is 0 Å². The van der Waals surface area contributed by atoms with Crippen molar-refractivity contribution in [2.75, 3.05) is 18.4 Å². The van der Waals surface area contributed by atoms with Crippen molar-refractivity contribution in [3.05, 3.63) is 11.8 Å². The summed E-state index contributed by atoms with van der Waals surface area (Å²) in [6, 6.07) is 1.65. The van der Waals surface area contributed by atoms with E-state index in [2.05, 4.69) is 15.8 Å². The predicted octanol–water partition coefficient (Wildman–Crippen LogP) is 0.585. The standard InChI is InChI=1S/C11H17N3O4/c1-11(2,3)7-4-9(18-14-7)13-8(15)5-12-6-10(16)17/h4,12H,5-6H2,1-3H3,(H,13,15)(H,16,17). The molecule has 0 aromatic carbocycles. The lowest BCUT2D eigenvalue weighted by Gasteiger charge is -2.12. The van der Waals surface area contributed by atoms with Gasteiger partial charge in [0.05, 0.1) is 18.8 Å². The number of rotatable bonds is 5. The molecule has 0 radical (unpaired) electrons. The van der Waals surface area contributed by atoms with E-state index in [1.54, 1.807) is 6.07 Å². The number of aliphatic carboxylic acids is 1. The van der Waals surface area contributed by atoms with Crippen LogP contribution in [0.2, 0.25) is 0 Å². The van der Waals surface area contributed by atoms with Gasteiger partial charge in [0.1, 0.15) is 0 Å². The van der Waals surface area contributed by atoms with Crippen LogP contribution >= 0.6 is 0 Å². The third-order valence-electron chi connectivity index (χ3n) is 2.10. The Morgan fingerprint density at radius 3 is 2.56 bits per heavy atom. The van der Waals surface area contributed by atoms with Crippen LogP contribution in [0.5, 0.6) is 0 Å². The molecule has 0 aliphatic heterocycles. The summed E-state index contributed by atoms with van der Waals surface area (Å²) < 4.78 is 4.96. The van der Waals surface area contributed by atoms with Gasteiger partial charge in [0, 0.05) is 11.5 Å². The molecule has 0 unspecified atom stereocenters. The van der Waals surface area contributed by atoms with Crippen molar-refractivity contribution >= 4 is 17.8 Å². The number of hydrogen-bond donors (Lipinski definition) is 3. The molecule has 0 bridgehead atoms. The van der Waals surface area contributed by atoms with Crippen molar-refractivity contribution in [2.24, 2.45) is 0 Å². The zero-order valence-corrected chi connectivity index (χ0v) is 10.6. The second kappa shape index (κ2) is 5.63. The molecule has 7 nitrogen and oxygen atoms in total. The van der Waals surface area contributed by atoms with Crippen LogP contribution in [-0.2, 0) is 15.0 Å². The van der Waals surface area contributed by atoms with Gasteiger partial charge >= 0.3 is 5.97 Å². The van der Waals surface area contributed by atoms with E-state index in [9.17, 15) is 9.59 Å². The number of nitrogens with one attached hydrogen (secondary N) is 2. The first-order chi connectivity index (χ1) is 8.29. The quantitative estimate of drug-likeness (QED) is 0.711. The average molecular weight is 255 g/mol. The molecule has 0 aliphatic carbocycles. The normalized spacial score (nSPS) is 11.3. The Bertz CT molecular complexity index is 434. The van der Waals surface area contributed by atoms with Gasteiger partial charge in [-0.3, -0.25) is 20.2 Å². The molecule has 0 spiro atoms. The first-order valence-electron chi connectivity index (χ1n) is 5.48. The molecule has 1 rings (SSSR count). The Morgan fingerprint density at radius 2 is 2.06 bits per heavy atom. The molecular formula is C11H17N3O4. The topological polar surface area (TPSA) is 104 Å². The zero-order chi connectivity index (χ0) is 13.8. The lowest BCUT2D eigenvalue weighted by atomic mass is 9.92. The van der Waals surface area contributed by atoms with E-state index >= 15 is 0 Å². The molecular weight excluding hydrogens is 238 g/mol. The highest BCUT2D eigenvalue weighted by molar-refractivity contribution is 5.91. The number of amides is 1. The molecule has 0 atom stereocenters. The van der Waals surface area contributed by atoms with Crippen LogP contribution in [0.15, 0.2) is 10.6 Å². The Morgan fingerprint density at radius 1 is 1.39 bits per heavy atom. The maximum absolute atomic E-state index is 11.4. The maximum atomic E-state index is 11.4. The number of nitrogens with zero attached hydrogens (tertiary/aromatic N) is 1. The summed E-state index contributed by atoms with van der Waals surface area (Å²) in [6.07, 6.45) is 0. The smallest absolute Gasteiger partial charge is 0.317 e. The molecule has 0 saturated carbocycles. The van der Waals surface area contributed by atoms with Crippen molar-refractivity contribution in [1.29, 1.82) is 0 Å². The fourth-order valence-corrected chi connectivity index (χ4v) is 1.15. The highest BCUT2D eigenvalue weighted by atomic mass is 16.5. The molecule has 0 aliphatic rings. The monoisotopic (exact) mass is 255 g/mol. The first kappa shape index (κ1) is 14.2. The van der Waals surface area contributed by atoms with Crippen molar-refractivity contribution in [1.82, 2.24) is 10.5 Å². The Kier molecular flexibility index (Phi) is 4.43. The molecule has 18 heavy (non-hydrogen) atoms. The summed E-state index contributed by atoms with van der Waals surface area (Å²) in [5, 5.41) is 17.2. The van der Waals surface area contributed by atoms with E-state index in [1.165, 1.54) is 0 Å². The SMILES string of the molecule is CC(C)(C)c1cc(NC(=O)CNCC(=O)O)on1. The Balaban J connectivity index is 2.45. The molecule has 0 saturated heterocycles. The van der Waals surface area contributed by atoms with Crippen LogP contribution in [0.1, 0.15) is 26.5 Å². The van der Waals surface area contributed by atoms with E-state index in [-0.39, 0.29) is 30.3 Å². The Labute approximate surface area is 105 Å². The minimum Gasteiger partial charge on any atom is -0.480 e. The highest BCUT2D eigenvalue weighted by Gasteiger charge is 2.19. The second-order valence-corrected chi connectivity index (χ2v) is 4.87. The largest absolute Gasteiger partial charge is 0.480 e. The Hall–Kier alpha value is -1.89. The summed E-state index contributed by atoms with van der Waals surface area (Å²) >= 11 is 0. The van der Waals surface area contributed by atoms with E-state index in [1.807, 2.05) is 20.8 Å². The van der Waals surface area contributed by atoms with E-state index in [4.69, 9.17) is 9.63 Å². The maximum Gasteiger partial charge on any atom is 0.317 e. The van der Waals surface area contributed by atoms with E-state index in [0.717, 1.165) is 5.69 Å². The summed E-state index contributed by atoms with van der Waals surface area (Å²) in [5.74, 6) is -1.15. The fraction of sp³-hybridized carbons (Fsp3) is 0.545. The van der Waals surface area contributed by atoms with Gasteiger partial charge < -0.3 is 9.63 Å². The highest BCUT2D eigenvalue weighted by Crippen LogP contribution is 2.23. The fourth-order valence-electron chi connectivity index (χ4n) is 1.15. The molecule has 1 aromatic heterocycles.